The largest absolute Gasteiger partial charge is 0.508 e. The van der Waals surface area contributed by atoms with Gasteiger partial charge in [0.15, 0.2) is 0 Å². The quantitative estimate of drug-likeness (QED) is 0.633. The van der Waals surface area contributed by atoms with Crippen LogP contribution in [-0.2, 0) is 5.41 Å². The predicted octanol–water partition coefficient (Wildman–Crippen LogP) is 2.24. The van der Waals surface area contributed by atoms with Gasteiger partial charge >= 0.3 is 0 Å². The number of benzene rings is 1. The second kappa shape index (κ2) is 2.19. The van der Waals surface area contributed by atoms with Gasteiger partial charge in [0.1, 0.15) is 5.75 Å². The first-order valence-electron chi connectivity index (χ1n) is 4.88. The zero-order chi connectivity index (χ0) is 8.89. The van der Waals surface area contributed by atoms with Crippen molar-refractivity contribution in [3.8, 4) is 5.75 Å². The Balaban J connectivity index is 2.15. The highest BCUT2D eigenvalue weighted by Gasteiger charge is 2.46. The van der Waals surface area contributed by atoms with Crippen LogP contribution in [0.1, 0.15) is 24.8 Å². The third kappa shape index (κ3) is 0.947. The lowest BCUT2D eigenvalue weighted by Gasteiger charge is -2.26. The van der Waals surface area contributed by atoms with Gasteiger partial charge in [-0.3, -0.25) is 0 Å². The maximum absolute atomic E-state index is 9.34. The van der Waals surface area contributed by atoms with Crippen molar-refractivity contribution in [1.82, 2.24) is 0 Å². The second-order valence-corrected chi connectivity index (χ2v) is 4.19. The summed E-state index contributed by atoms with van der Waals surface area (Å²) >= 11 is 0. The van der Waals surface area contributed by atoms with E-state index >= 15 is 0 Å². The lowest BCUT2D eigenvalue weighted by atomic mass is 9.88. The van der Waals surface area contributed by atoms with E-state index in [0.29, 0.717) is 11.2 Å². The maximum atomic E-state index is 9.34. The number of phenolic OH excluding ortho intramolecular Hbond substituents is 1. The van der Waals surface area contributed by atoms with Crippen molar-refractivity contribution in [3.05, 3.63) is 23.8 Å². The fourth-order valence-corrected chi connectivity index (χ4v) is 2.38. The molecule has 2 nitrogen and oxygen atoms in total. The molecule has 1 heterocycles. The van der Waals surface area contributed by atoms with Crippen molar-refractivity contribution in [2.24, 2.45) is 0 Å². The first kappa shape index (κ1) is 7.25. The third-order valence-electron chi connectivity index (χ3n) is 3.35. The van der Waals surface area contributed by atoms with Gasteiger partial charge in [-0.15, -0.1) is 0 Å². The van der Waals surface area contributed by atoms with Gasteiger partial charge in [-0.2, -0.15) is 0 Å². The molecule has 0 unspecified atom stereocenters. The van der Waals surface area contributed by atoms with E-state index in [1.807, 2.05) is 6.07 Å². The van der Waals surface area contributed by atoms with E-state index in [-0.39, 0.29) is 0 Å². The summed E-state index contributed by atoms with van der Waals surface area (Å²) in [7, 11) is 0. The molecule has 0 atom stereocenters. The summed E-state index contributed by atoms with van der Waals surface area (Å²) in [6.07, 6.45) is 3.91. The molecule has 0 saturated heterocycles. The Morgan fingerprint density at radius 3 is 2.85 bits per heavy atom. The van der Waals surface area contributed by atoms with E-state index in [1.165, 1.54) is 24.8 Å². The van der Waals surface area contributed by atoms with Gasteiger partial charge in [0.25, 0.3) is 0 Å². The minimum Gasteiger partial charge on any atom is -0.508 e. The van der Waals surface area contributed by atoms with E-state index in [9.17, 15) is 5.11 Å². The molecule has 0 aromatic heterocycles. The number of rotatable bonds is 0. The van der Waals surface area contributed by atoms with Gasteiger partial charge in [0.2, 0.25) is 0 Å². The zero-order valence-corrected chi connectivity index (χ0v) is 7.51. The molecule has 2 heteroatoms. The van der Waals surface area contributed by atoms with Gasteiger partial charge < -0.3 is 10.4 Å². The normalized spacial score (nSPS) is 22.2. The van der Waals surface area contributed by atoms with Gasteiger partial charge in [0, 0.05) is 18.3 Å². The van der Waals surface area contributed by atoms with Crippen LogP contribution in [0.3, 0.4) is 0 Å². The van der Waals surface area contributed by atoms with Crippen LogP contribution in [0.2, 0.25) is 0 Å². The number of phenols is 1. The Labute approximate surface area is 77.6 Å². The van der Waals surface area contributed by atoms with Crippen LogP contribution in [0.15, 0.2) is 18.2 Å². The number of hydrogen-bond donors (Lipinski definition) is 2. The molecule has 1 aliphatic carbocycles. The highest BCUT2D eigenvalue weighted by atomic mass is 16.3. The molecule has 68 valence electrons. The summed E-state index contributed by atoms with van der Waals surface area (Å²) in [6, 6.07) is 5.71. The number of fused-ring (bicyclic) bond motifs is 2. The number of nitrogens with one attached hydrogen (secondary N) is 1. The molecule has 2 aliphatic rings. The lowest BCUT2D eigenvalue weighted by molar-refractivity contribution is 0.474. The van der Waals surface area contributed by atoms with E-state index in [4.69, 9.17) is 0 Å². The Hall–Kier alpha value is -1.18. The molecule has 1 spiro atoms. The van der Waals surface area contributed by atoms with Crippen molar-refractivity contribution in [3.63, 3.8) is 0 Å². The molecule has 3 rings (SSSR count). The van der Waals surface area contributed by atoms with Crippen molar-refractivity contribution in [2.75, 3.05) is 11.9 Å². The lowest BCUT2D eigenvalue weighted by Crippen LogP contribution is -2.21. The zero-order valence-electron chi connectivity index (χ0n) is 7.51. The Bertz CT molecular complexity index is 355. The molecule has 1 aliphatic heterocycles. The molecule has 13 heavy (non-hydrogen) atoms. The number of aromatic hydroxyl groups is 1. The summed E-state index contributed by atoms with van der Waals surface area (Å²) in [5.41, 5.74) is 3.04. The van der Waals surface area contributed by atoms with Gasteiger partial charge in [0.05, 0.1) is 0 Å². The van der Waals surface area contributed by atoms with E-state index < -0.39 is 0 Å². The van der Waals surface area contributed by atoms with Crippen LogP contribution < -0.4 is 5.32 Å². The molecular formula is C11H13NO. The van der Waals surface area contributed by atoms with Crippen LogP contribution in [0, 0.1) is 0 Å². The summed E-state index contributed by atoms with van der Waals surface area (Å²) in [5.74, 6) is 0.365. The van der Waals surface area contributed by atoms with Crippen molar-refractivity contribution in [1.29, 1.82) is 0 Å². The average molecular weight is 175 g/mol. The fourth-order valence-electron chi connectivity index (χ4n) is 2.38. The minimum absolute atomic E-state index is 0.365. The standard InChI is InChI=1S/C11H13NO/c13-8-1-2-9-10(7-8)12-6-5-11(9)3-4-11/h1-2,7,12-13H,3-6H2. The highest BCUT2D eigenvalue weighted by Crippen LogP contribution is 2.55. The topological polar surface area (TPSA) is 32.3 Å². The molecule has 1 saturated carbocycles. The number of hydrogen-bond acceptors (Lipinski definition) is 2. The molecule has 0 bridgehead atoms. The summed E-state index contributed by atoms with van der Waals surface area (Å²) < 4.78 is 0. The first-order valence-corrected chi connectivity index (χ1v) is 4.88. The predicted molar refractivity (Wildman–Crippen MR) is 52.1 cm³/mol. The van der Waals surface area contributed by atoms with Gasteiger partial charge in [-0.25, -0.2) is 0 Å². The number of anilines is 1. The Morgan fingerprint density at radius 1 is 1.23 bits per heavy atom. The van der Waals surface area contributed by atoms with Gasteiger partial charge in [-0.05, 0) is 36.3 Å². The molecule has 2 N–H and O–H groups in total. The minimum atomic E-state index is 0.365. The third-order valence-corrected chi connectivity index (χ3v) is 3.35. The smallest absolute Gasteiger partial charge is 0.117 e. The molecule has 1 aromatic rings. The van der Waals surface area contributed by atoms with Crippen LogP contribution >= 0.6 is 0 Å². The van der Waals surface area contributed by atoms with E-state index in [0.717, 1.165) is 12.2 Å². The molecule has 0 radical (unpaired) electrons. The average Bonchev–Trinajstić information content (AvgIpc) is 2.86. The van der Waals surface area contributed by atoms with E-state index in [1.54, 1.807) is 6.07 Å². The first-order chi connectivity index (χ1) is 6.30. The van der Waals surface area contributed by atoms with Crippen LogP contribution in [0.25, 0.3) is 0 Å². The van der Waals surface area contributed by atoms with Crippen LogP contribution in [0.4, 0.5) is 5.69 Å². The van der Waals surface area contributed by atoms with E-state index in [2.05, 4.69) is 11.4 Å². The molecular weight excluding hydrogens is 162 g/mol. The van der Waals surface area contributed by atoms with Crippen molar-refractivity contribution >= 4 is 5.69 Å². The second-order valence-electron chi connectivity index (χ2n) is 4.19. The summed E-state index contributed by atoms with van der Waals surface area (Å²) in [6.45, 7) is 1.05. The van der Waals surface area contributed by atoms with Gasteiger partial charge in [-0.1, -0.05) is 6.07 Å². The Kier molecular flexibility index (Phi) is 1.22. The SMILES string of the molecule is Oc1ccc2c(c1)NCCC21CC1. The van der Waals surface area contributed by atoms with Crippen molar-refractivity contribution < 1.29 is 5.11 Å². The Morgan fingerprint density at radius 2 is 2.08 bits per heavy atom. The van der Waals surface area contributed by atoms with Crippen molar-refractivity contribution in [2.45, 2.75) is 24.7 Å². The summed E-state index contributed by atoms with van der Waals surface area (Å²) in [5, 5.41) is 12.7. The van der Waals surface area contributed by atoms with Crippen LogP contribution in [0.5, 0.6) is 5.75 Å². The maximum Gasteiger partial charge on any atom is 0.117 e. The monoisotopic (exact) mass is 175 g/mol. The summed E-state index contributed by atoms with van der Waals surface area (Å²) in [4.78, 5) is 0. The molecule has 0 amide bonds. The molecule has 1 fully saturated rings. The fraction of sp³-hybridized carbons (Fsp3) is 0.455. The van der Waals surface area contributed by atoms with Crippen LogP contribution in [-0.4, -0.2) is 11.7 Å². The molecule has 1 aromatic carbocycles. The highest BCUT2D eigenvalue weighted by molar-refractivity contribution is 5.61.